The van der Waals surface area contributed by atoms with Gasteiger partial charge in [0.2, 0.25) is 10.0 Å². The SMILES string of the molecule is CC1CC1c1ccc(CN(C)S(=O)(=O)c2cnn(C)c2)o1. The van der Waals surface area contributed by atoms with Gasteiger partial charge in [-0.25, -0.2) is 8.42 Å². The third-order valence-electron chi connectivity index (χ3n) is 3.93. The number of hydrogen-bond acceptors (Lipinski definition) is 4. The van der Waals surface area contributed by atoms with E-state index in [0.717, 1.165) is 12.2 Å². The van der Waals surface area contributed by atoms with Crippen molar-refractivity contribution in [3.8, 4) is 0 Å². The van der Waals surface area contributed by atoms with E-state index in [0.29, 0.717) is 17.6 Å². The predicted molar refractivity (Wildman–Crippen MR) is 77.1 cm³/mol. The standard InChI is InChI=1S/C14H19N3O3S/c1-10-6-13(10)14-5-4-11(20-14)8-17(3)21(18,19)12-7-15-16(2)9-12/h4-5,7,9-10,13H,6,8H2,1-3H3. The summed E-state index contributed by atoms with van der Waals surface area (Å²) in [6, 6.07) is 3.81. The first-order chi connectivity index (χ1) is 9.88. The summed E-state index contributed by atoms with van der Waals surface area (Å²) in [5.74, 6) is 2.79. The number of hydrogen-bond donors (Lipinski definition) is 0. The fourth-order valence-corrected chi connectivity index (χ4v) is 3.54. The molecule has 1 saturated carbocycles. The van der Waals surface area contributed by atoms with E-state index in [1.165, 1.54) is 21.4 Å². The van der Waals surface area contributed by atoms with Gasteiger partial charge in [0.1, 0.15) is 16.4 Å². The van der Waals surface area contributed by atoms with E-state index in [-0.39, 0.29) is 11.4 Å². The van der Waals surface area contributed by atoms with Crippen molar-refractivity contribution in [1.82, 2.24) is 14.1 Å². The van der Waals surface area contributed by atoms with Crippen LogP contribution in [0, 0.1) is 5.92 Å². The van der Waals surface area contributed by atoms with E-state index in [2.05, 4.69) is 12.0 Å². The molecular formula is C14H19N3O3S. The van der Waals surface area contributed by atoms with Crippen molar-refractivity contribution in [1.29, 1.82) is 0 Å². The Morgan fingerprint density at radius 3 is 2.76 bits per heavy atom. The maximum Gasteiger partial charge on any atom is 0.246 e. The van der Waals surface area contributed by atoms with E-state index in [9.17, 15) is 8.42 Å². The zero-order chi connectivity index (χ0) is 15.2. The van der Waals surface area contributed by atoms with E-state index >= 15 is 0 Å². The molecule has 6 nitrogen and oxygen atoms in total. The molecule has 0 aliphatic heterocycles. The molecule has 114 valence electrons. The molecule has 7 heteroatoms. The highest BCUT2D eigenvalue weighted by Crippen LogP contribution is 2.47. The predicted octanol–water partition coefficient (Wildman–Crippen LogP) is 1.96. The summed E-state index contributed by atoms with van der Waals surface area (Å²) in [5.41, 5.74) is 0. The van der Waals surface area contributed by atoms with E-state index in [1.54, 1.807) is 14.1 Å². The fraction of sp³-hybridized carbons (Fsp3) is 0.500. The molecule has 1 fully saturated rings. The van der Waals surface area contributed by atoms with E-state index in [4.69, 9.17) is 4.42 Å². The van der Waals surface area contributed by atoms with Crippen LogP contribution >= 0.6 is 0 Å². The molecule has 0 aromatic carbocycles. The topological polar surface area (TPSA) is 68.3 Å². The quantitative estimate of drug-likeness (QED) is 0.846. The van der Waals surface area contributed by atoms with Crippen LogP contribution in [0.3, 0.4) is 0 Å². The molecule has 1 aliphatic carbocycles. The van der Waals surface area contributed by atoms with Crippen molar-refractivity contribution in [2.24, 2.45) is 13.0 Å². The summed E-state index contributed by atoms with van der Waals surface area (Å²) in [5, 5.41) is 3.90. The van der Waals surface area contributed by atoms with Gasteiger partial charge < -0.3 is 4.42 Å². The molecule has 1 aliphatic rings. The Morgan fingerprint density at radius 1 is 1.48 bits per heavy atom. The monoisotopic (exact) mass is 309 g/mol. The smallest absolute Gasteiger partial charge is 0.246 e. The van der Waals surface area contributed by atoms with Crippen molar-refractivity contribution in [3.05, 3.63) is 36.0 Å². The highest BCUT2D eigenvalue weighted by Gasteiger charge is 2.36. The first-order valence-corrected chi connectivity index (χ1v) is 8.35. The lowest BCUT2D eigenvalue weighted by molar-refractivity contribution is 0.390. The summed E-state index contributed by atoms with van der Waals surface area (Å²) in [7, 11) is -0.297. The Balaban J connectivity index is 1.73. The Hall–Kier alpha value is -1.60. The summed E-state index contributed by atoms with van der Waals surface area (Å²) in [4.78, 5) is 0.190. The summed E-state index contributed by atoms with van der Waals surface area (Å²) in [6.45, 7) is 2.41. The lowest BCUT2D eigenvalue weighted by Gasteiger charge is -2.14. The second-order valence-electron chi connectivity index (χ2n) is 5.73. The number of aromatic nitrogens is 2. The minimum Gasteiger partial charge on any atom is -0.464 e. The molecule has 0 saturated heterocycles. The van der Waals surface area contributed by atoms with Crippen molar-refractivity contribution in [2.45, 2.75) is 30.7 Å². The zero-order valence-corrected chi connectivity index (χ0v) is 13.2. The van der Waals surface area contributed by atoms with Gasteiger partial charge in [0.15, 0.2) is 0 Å². The van der Waals surface area contributed by atoms with Crippen LogP contribution < -0.4 is 0 Å². The first kappa shape index (κ1) is 14.3. The Morgan fingerprint density at radius 2 is 2.19 bits per heavy atom. The van der Waals surface area contributed by atoms with E-state index in [1.807, 2.05) is 12.1 Å². The molecule has 3 rings (SSSR count). The lowest BCUT2D eigenvalue weighted by Crippen LogP contribution is -2.26. The van der Waals surface area contributed by atoms with Crippen LogP contribution in [0.4, 0.5) is 0 Å². The van der Waals surface area contributed by atoms with Gasteiger partial charge in [-0.3, -0.25) is 4.68 Å². The molecule has 0 amide bonds. The molecule has 0 bridgehead atoms. The van der Waals surface area contributed by atoms with Gasteiger partial charge in [-0.1, -0.05) is 6.92 Å². The van der Waals surface area contributed by atoms with Gasteiger partial charge >= 0.3 is 0 Å². The number of furan rings is 1. The minimum atomic E-state index is -3.53. The van der Waals surface area contributed by atoms with Crippen LogP contribution in [-0.4, -0.2) is 29.6 Å². The average Bonchev–Trinajstić information content (AvgIpc) is 2.82. The van der Waals surface area contributed by atoms with Gasteiger partial charge in [-0.2, -0.15) is 9.40 Å². The van der Waals surface area contributed by atoms with Crippen molar-refractivity contribution in [3.63, 3.8) is 0 Å². The van der Waals surface area contributed by atoms with Gasteiger partial charge in [-0.05, 0) is 24.5 Å². The van der Waals surface area contributed by atoms with Gasteiger partial charge in [-0.15, -0.1) is 0 Å². The van der Waals surface area contributed by atoms with Crippen LogP contribution in [0.25, 0.3) is 0 Å². The van der Waals surface area contributed by atoms with Crippen LogP contribution in [0.15, 0.2) is 33.8 Å². The molecule has 2 unspecified atom stereocenters. The minimum absolute atomic E-state index is 0.190. The summed E-state index contributed by atoms with van der Waals surface area (Å²) in [6.07, 6.45) is 3.99. The molecule has 2 heterocycles. The van der Waals surface area contributed by atoms with Crippen LogP contribution in [0.5, 0.6) is 0 Å². The summed E-state index contributed by atoms with van der Waals surface area (Å²) >= 11 is 0. The highest BCUT2D eigenvalue weighted by atomic mass is 32.2. The maximum absolute atomic E-state index is 12.4. The van der Waals surface area contributed by atoms with Crippen molar-refractivity contribution in [2.75, 3.05) is 7.05 Å². The van der Waals surface area contributed by atoms with Crippen molar-refractivity contribution >= 4 is 10.0 Å². The molecule has 2 atom stereocenters. The largest absolute Gasteiger partial charge is 0.464 e. The molecule has 0 spiro atoms. The number of aryl methyl sites for hydroxylation is 1. The Kier molecular flexibility index (Phi) is 3.41. The average molecular weight is 309 g/mol. The third-order valence-corrected chi connectivity index (χ3v) is 5.68. The first-order valence-electron chi connectivity index (χ1n) is 6.91. The van der Waals surface area contributed by atoms with E-state index < -0.39 is 10.0 Å². The fourth-order valence-electron chi connectivity index (χ4n) is 2.41. The lowest BCUT2D eigenvalue weighted by atomic mass is 10.3. The molecular weight excluding hydrogens is 290 g/mol. The molecule has 0 N–H and O–H groups in total. The second-order valence-corrected chi connectivity index (χ2v) is 7.78. The number of nitrogens with zero attached hydrogens (tertiary/aromatic N) is 3. The maximum atomic E-state index is 12.4. The van der Waals surface area contributed by atoms with Gasteiger partial charge in [0.05, 0.1) is 12.7 Å². The van der Waals surface area contributed by atoms with Gasteiger partial charge in [0.25, 0.3) is 0 Å². The highest BCUT2D eigenvalue weighted by molar-refractivity contribution is 7.89. The normalized spacial score (nSPS) is 21.9. The number of rotatable bonds is 5. The second kappa shape index (κ2) is 4.99. The molecule has 0 radical (unpaired) electrons. The zero-order valence-electron chi connectivity index (χ0n) is 12.4. The van der Waals surface area contributed by atoms with Gasteiger partial charge in [0, 0.05) is 26.2 Å². The number of sulfonamides is 1. The van der Waals surface area contributed by atoms with Crippen molar-refractivity contribution < 1.29 is 12.8 Å². The Labute approximate surface area is 124 Å². The van der Waals surface area contributed by atoms with Crippen LogP contribution in [-0.2, 0) is 23.6 Å². The molecule has 2 aromatic heterocycles. The molecule has 2 aromatic rings. The van der Waals surface area contributed by atoms with Crippen LogP contribution in [0.1, 0.15) is 30.8 Å². The molecule has 21 heavy (non-hydrogen) atoms. The van der Waals surface area contributed by atoms with Crippen LogP contribution in [0.2, 0.25) is 0 Å². The summed E-state index contributed by atoms with van der Waals surface area (Å²) < 4.78 is 33.3. The Bertz CT molecular complexity index is 747. The third kappa shape index (κ3) is 2.75.